The summed E-state index contributed by atoms with van der Waals surface area (Å²) >= 11 is 2.86. The summed E-state index contributed by atoms with van der Waals surface area (Å²) in [6.07, 6.45) is 0.198. The molecule has 15 heteroatoms. The molecule has 0 amide bonds. The minimum atomic E-state index is -5.08. The van der Waals surface area contributed by atoms with Gasteiger partial charge in [-0.2, -0.15) is 13.2 Å². The second kappa shape index (κ2) is 12.9. The summed E-state index contributed by atoms with van der Waals surface area (Å²) < 4.78 is 60.1. The van der Waals surface area contributed by atoms with Crippen molar-refractivity contribution in [3.8, 4) is 10.7 Å². The van der Waals surface area contributed by atoms with E-state index in [0.29, 0.717) is 16.4 Å². The molecule has 5 rings (SSSR count). The van der Waals surface area contributed by atoms with Gasteiger partial charge in [-0.05, 0) is 49.9 Å². The zero-order valence-corrected chi connectivity index (χ0v) is 24.4. The van der Waals surface area contributed by atoms with Crippen LogP contribution in [0.2, 0.25) is 0 Å². The maximum absolute atomic E-state index is 13.3. The predicted molar refractivity (Wildman–Crippen MR) is 153 cm³/mol. The van der Waals surface area contributed by atoms with E-state index in [1.165, 1.54) is 22.1 Å². The van der Waals surface area contributed by atoms with Crippen LogP contribution in [0.4, 0.5) is 18.9 Å². The molecule has 0 saturated carbocycles. The number of thiazole rings is 1. The highest BCUT2D eigenvalue weighted by Crippen LogP contribution is 2.35. The molecule has 9 nitrogen and oxygen atoms in total. The van der Waals surface area contributed by atoms with Gasteiger partial charge in [0.25, 0.3) is 10.0 Å². The standard InChI is InChI=1S/C24H28N4O3S3.C2HF3O2/c1-2-28(34(30,31)22-10-6-12-32-22)21-9-5-7-17-13-20(26-23(17)21)24-25-14-19(33-24)15-27-11-4-3-8-18(27)16-29;3-2(4,5)1(6)7/h5-7,9-10,12-14,18,26,29H,2-4,8,11,15-16H2,1H3;(H,6,7). The van der Waals surface area contributed by atoms with Crippen LogP contribution in [0, 0.1) is 0 Å². The number of hydrogen-bond donors (Lipinski definition) is 3. The SMILES string of the molecule is CCN(c1cccc2cc(-c3ncc(CN4CCCCC4CO)s3)[nH]c12)S(=O)(=O)c1cccs1.O=C(O)C(F)(F)F. The van der Waals surface area contributed by atoms with Gasteiger partial charge >= 0.3 is 12.1 Å². The zero-order chi connectivity index (χ0) is 29.8. The number of piperidine rings is 1. The first kappa shape index (κ1) is 31.0. The van der Waals surface area contributed by atoms with Gasteiger partial charge in [0, 0.05) is 35.6 Å². The normalized spacial score (nSPS) is 16.4. The number of fused-ring (bicyclic) bond motifs is 1. The van der Waals surface area contributed by atoms with Crippen molar-refractivity contribution in [1.29, 1.82) is 0 Å². The molecule has 0 spiro atoms. The summed E-state index contributed by atoms with van der Waals surface area (Å²) in [5, 5.41) is 20.4. The number of nitrogens with zero attached hydrogens (tertiary/aromatic N) is 3. The Labute approximate surface area is 242 Å². The number of sulfonamides is 1. The quantitative estimate of drug-likeness (QED) is 0.233. The number of aliphatic carboxylic acids is 1. The first-order chi connectivity index (χ1) is 19.5. The van der Waals surface area contributed by atoms with E-state index in [-0.39, 0.29) is 12.6 Å². The van der Waals surface area contributed by atoms with Crippen molar-refractivity contribution in [3.05, 3.63) is 52.9 Å². The van der Waals surface area contributed by atoms with Gasteiger partial charge in [0.2, 0.25) is 0 Å². The molecule has 0 radical (unpaired) electrons. The van der Waals surface area contributed by atoms with Crippen LogP contribution in [0.25, 0.3) is 21.6 Å². The van der Waals surface area contributed by atoms with Crippen molar-refractivity contribution < 1.29 is 36.6 Å². The van der Waals surface area contributed by atoms with E-state index >= 15 is 0 Å². The fourth-order valence-electron chi connectivity index (χ4n) is 4.63. The van der Waals surface area contributed by atoms with Crippen LogP contribution in [-0.2, 0) is 21.4 Å². The number of aromatic amines is 1. The Kier molecular flexibility index (Phi) is 9.74. The molecule has 0 aliphatic carbocycles. The first-order valence-corrected chi connectivity index (χ1v) is 15.9. The molecule has 1 atom stereocenters. The Morgan fingerprint density at radius 3 is 2.63 bits per heavy atom. The second-order valence-corrected chi connectivity index (χ2v) is 13.4. The predicted octanol–water partition coefficient (Wildman–Crippen LogP) is 5.55. The minimum absolute atomic E-state index is 0.193. The van der Waals surface area contributed by atoms with Gasteiger partial charge in [-0.25, -0.2) is 18.2 Å². The van der Waals surface area contributed by atoms with Gasteiger partial charge in [-0.15, -0.1) is 22.7 Å². The summed E-state index contributed by atoms with van der Waals surface area (Å²) in [5.41, 5.74) is 2.30. The molecule has 3 N–H and O–H groups in total. The number of likely N-dealkylation sites (tertiary alicyclic amines) is 1. The van der Waals surface area contributed by atoms with E-state index in [0.717, 1.165) is 52.4 Å². The molecular formula is C26H29F3N4O5S3. The van der Waals surface area contributed by atoms with E-state index in [9.17, 15) is 26.7 Å². The van der Waals surface area contributed by atoms with E-state index < -0.39 is 22.2 Å². The van der Waals surface area contributed by atoms with Crippen molar-refractivity contribution >= 4 is 55.3 Å². The van der Waals surface area contributed by atoms with Gasteiger partial charge in [-0.3, -0.25) is 9.21 Å². The molecule has 1 aromatic carbocycles. The number of aliphatic hydroxyl groups excluding tert-OH is 1. The van der Waals surface area contributed by atoms with Crippen molar-refractivity contribution in [2.24, 2.45) is 0 Å². The molecule has 4 heterocycles. The Morgan fingerprint density at radius 2 is 2.00 bits per heavy atom. The molecule has 4 aromatic rings. The molecular weight excluding hydrogens is 602 g/mol. The zero-order valence-electron chi connectivity index (χ0n) is 22.0. The number of H-pyrrole nitrogens is 1. The number of hydrogen-bond acceptors (Lipinski definition) is 8. The van der Waals surface area contributed by atoms with Crippen LogP contribution >= 0.6 is 22.7 Å². The minimum Gasteiger partial charge on any atom is -0.475 e. The van der Waals surface area contributed by atoms with E-state index in [1.54, 1.807) is 28.8 Å². The fraction of sp³-hybridized carbons (Fsp3) is 0.385. The topological polar surface area (TPSA) is 127 Å². The molecule has 1 unspecified atom stereocenters. The number of anilines is 1. The molecule has 3 aromatic heterocycles. The lowest BCUT2D eigenvalue weighted by Crippen LogP contribution is -2.40. The number of benzene rings is 1. The van der Waals surface area contributed by atoms with Crippen LogP contribution in [0.1, 0.15) is 31.1 Å². The van der Waals surface area contributed by atoms with Gasteiger partial charge < -0.3 is 15.2 Å². The highest BCUT2D eigenvalue weighted by Gasteiger charge is 2.38. The molecule has 1 aliphatic heterocycles. The Hall–Kier alpha value is -2.98. The Bertz CT molecular complexity index is 1570. The van der Waals surface area contributed by atoms with Crippen molar-refractivity contribution in [2.75, 3.05) is 24.0 Å². The van der Waals surface area contributed by atoms with Gasteiger partial charge in [0.15, 0.2) is 0 Å². The lowest BCUT2D eigenvalue weighted by Gasteiger charge is -2.34. The summed E-state index contributed by atoms with van der Waals surface area (Å²) in [4.78, 5) is 20.5. The number of nitrogens with one attached hydrogen (secondary N) is 1. The number of carbonyl (C=O) groups is 1. The lowest BCUT2D eigenvalue weighted by molar-refractivity contribution is -0.192. The summed E-state index contributed by atoms with van der Waals surface area (Å²) in [6.45, 7) is 4.16. The number of aliphatic hydroxyl groups is 1. The number of alkyl halides is 3. The van der Waals surface area contributed by atoms with Crippen LogP contribution in [-0.4, -0.2) is 71.4 Å². The smallest absolute Gasteiger partial charge is 0.475 e. The Morgan fingerprint density at radius 1 is 1.24 bits per heavy atom. The number of para-hydroxylation sites is 1. The van der Waals surface area contributed by atoms with Crippen molar-refractivity contribution in [2.45, 2.75) is 49.2 Å². The third-order valence-electron chi connectivity index (χ3n) is 6.57. The van der Waals surface area contributed by atoms with Crippen LogP contribution in [0.15, 0.2) is 52.2 Å². The van der Waals surface area contributed by atoms with E-state index in [2.05, 4.69) is 14.9 Å². The summed E-state index contributed by atoms with van der Waals surface area (Å²) in [5.74, 6) is -2.76. The maximum atomic E-state index is 13.3. The summed E-state index contributed by atoms with van der Waals surface area (Å²) in [7, 11) is -3.63. The number of carboxylic acid groups (broad SMARTS) is 1. The number of aromatic nitrogens is 2. The summed E-state index contributed by atoms with van der Waals surface area (Å²) in [6, 6.07) is 11.4. The lowest BCUT2D eigenvalue weighted by atomic mass is 10.0. The number of halogens is 3. The number of rotatable bonds is 8. The third-order valence-corrected chi connectivity index (χ3v) is 10.9. The first-order valence-electron chi connectivity index (χ1n) is 12.7. The molecule has 1 aliphatic rings. The van der Waals surface area contributed by atoms with Crippen molar-refractivity contribution in [3.63, 3.8) is 0 Å². The average Bonchev–Trinajstić information content (AvgIpc) is 3.70. The molecule has 0 bridgehead atoms. The highest BCUT2D eigenvalue weighted by atomic mass is 32.2. The Balaban J connectivity index is 0.000000493. The molecule has 222 valence electrons. The number of thiophene rings is 1. The van der Waals surface area contributed by atoms with Crippen LogP contribution in [0.5, 0.6) is 0 Å². The van der Waals surface area contributed by atoms with Gasteiger partial charge in [-0.1, -0.05) is 24.6 Å². The molecule has 1 saturated heterocycles. The van der Waals surface area contributed by atoms with Crippen molar-refractivity contribution in [1.82, 2.24) is 14.9 Å². The second-order valence-electron chi connectivity index (χ2n) is 9.26. The molecule has 41 heavy (non-hydrogen) atoms. The largest absolute Gasteiger partial charge is 0.490 e. The average molecular weight is 631 g/mol. The highest BCUT2D eigenvalue weighted by molar-refractivity contribution is 7.94. The van der Waals surface area contributed by atoms with Gasteiger partial charge in [0.05, 0.1) is 23.5 Å². The van der Waals surface area contributed by atoms with E-state index in [1.807, 2.05) is 37.4 Å². The fourth-order valence-corrected chi connectivity index (χ4v) is 8.13. The van der Waals surface area contributed by atoms with E-state index in [4.69, 9.17) is 9.90 Å². The van der Waals surface area contributed by atoms with Gasteiger partial charge in [0.1, 0.15) is 9.22 Å². The van der Waals surface area contributed by atoms with Crippen LogP contribution < -0.4 is 4.31 Å². The monoisotopic (exact) mass is 630 g/mol. The third kappa shape index (κ3) is 7.09. The molecule has 1 fully saturated rings. The number of carboxylic acids is 1. The van der Waals surface area contributed by atoms with Crippen LogP contribution in [0.3, 0.4) is 0 Å². The maximum Gasteiger partial charge on any atom is 0.490 e.